The molecule has 0 atom stereocenters. The zero-order valence-corrected chi connectivity index (χ0v) is 11.8. The van der Waals surface area contributed by atoms with Crippen molar-refractivity contribution >= 4 is 5.91 Å². The van der Waals surface area contributed by atoms with Gasteiger partial charge in [-0.05, 0) is 27.6 Å². The van der Waals surface area contributed by atoms with Crippen LogP contribution >= 0.6 is 0 Å². The minimum absolute atomic E-state index is 0.105. The molecule has 0 spiro atoms. The molecule has 0 unspecified atom stereocenters. The van der Waals surface area contributed by atoms with Crippen LogP contribution in [-0.2, 0) is 24.4 Å². The molecule has 0 aliphatic heterocycles. The molecule has 0 radical (unpaired) electrons. The van der Waals surface area contributed by atoms with Gasteiger partial charge >= 0.3 is 0 Å². The standard InChI is InChI=1S/C14H15N7O/c22-14(10-21-11-16-18-19-21)15-8-12-4-1-2-5-13(12)9-20-7-3-6-17-20/h1-7,11H,8-10H2,(H,15,22). The van der Waals surface area contributed by atoms with E-state index in [4.69, 9.17) is 0 Å². The summed E-state index contributed by atoms with van der Waals surface area (Å²) in [5, 5.41) is 17.7. The molecule has 0 bridgehead atoms. The van der Waals surface area contributed by atoms with Crippen molar-refractivity contribution in [3.63, 3.8) is 0 Å². The molecule has 112 valence electrons. The maximum absolute atomic E-state index is 11.9. The molecule has 2 aromatic heterocycles. The zero-order chi connectivity index (χ0) is 15.2. The van der Waals surface area contributed by atoms with Gasteiger partial charge in [-0.1, -0.05) is 24.3 Å². The number of carbonyl (C=O) groups is 1. The highest BCUT2D eigenvalue weighted by Gasteiger charge is 2.07. The molecule has 0 aliphatic carbocycles. The molecule has 8 nitrogen and oxygen atoms in total. The number of rotatable bonds is 6. The quantitative estimate of drug-likeness (QED) is 0.703. The van der Waals surface area contributed by atoms with E-state index in [1.807, 2.05) is 41.2 Å². The fraction of sp³-hybridized carbons (Fsp3) is 0.214. The fourth-order valence-electron chi connectivity index (χ4n) is 2.10. The number of nitrogens with zero attached hydrogens (tertiary/aromatic N) is 6. The Morgan fingerprint density at radius 1 is 1.14 bits per heavy atom. The van der Waals surface area contributed by atoms with Gasteiger partial charge in [-0.3, -0.25) is 9.48 Å². The Kier molecular flexibility index (Phi) is 4.19. The lowest BCUT2D eigenvalue weighted by molar-refractivity contribution is -0.122. The molecule has 0 aliphatic rings. The van der Waals surface area contributed by atoms with Gasteiger partial charge in [0.05, 0.1) is 6.54 Å². The number of nitrogens with one attached hydrogen (secondary N) is 1. The maximum atomic E-state index is 11.9. The summed E-state index contributed by atoms with van der Waals surface area (Å²) >= 11 is 0. The van der Waals surface area contributed by atoms with E-state index in [9.17, 15) is 4.79 Å². The van der Waals surface area contributed by atoms with Gasteiger partial charge in [0.15, 0.2) is 0 Å². The van der Waals surface area contributed by atoms with Gasteiger partial charge in [-0.2, -0.15) is 5.10 Å². The minimum atomic E-state index is -0.138. The molecule has 0 saturated carbocycles. The number of carbonyl (C=O) groups excluding carboxylic acids is 1. The van der Waals surface area contributed by atoms with Crippen molar-refractivity contribution in [1.82, 2.24) is 35.3 Å². The zero-order valence-electron chi connectivity index (χ0n) is 11.8. The first-order valence-electron chi connectivity index (χ1n) is 6.83. The van der Waals surface area contributed by atoms with Crippen LogP contribution in [0.2, 0.25) is 0 Å². The lowest BCUT2D eigenvalue weighted by Gasteiger charge is -2.11. The molecule has 3 aromatic rings. The lowest BCUT2D eigenvalue weighted by Crippen LogP contribution is -2.27. The number of tetrazole rings is 1. The van der Waals surface area contributed by atoms with Gasteiger partial charge in [0.25, 0.3) is 0 Å². The van der Waals surface area contributed by atoms with Crippen LogP contribution in [0.5, 0.6) is 0 Å². The second-order valence-electron chi connectivity index (χ2n) is 4.76. The summed E-state index contributed by atoms with van der Waals surface area (Å²) in [6, 6.07) is 9.85. The third kappa shape index (κ3) is 3.54. The highest BCUT2D eigenvalue weighted by atomic mass is 16.2. The predicted molar refractivity (Wildman–Crippen MR) is 77.4 cm³/mol. The first kappa shape index (κ1) is 13.9. The molecular weight excluding hydrogens is 282 g/mol. The van der Waals surface area contributed by atoms with E-state index in [1.165, 1.54) is 11.0 Å². The summed E-state index contributed by atoms with van der Waals surface area (Å²) in [6.07, 6.45) is 5.06. The van der Waals surface area contributed by atoms with Gasteiger partial charge in [0.2, 0.25) is 5.91 Å². The van der Waals surface area contributed by atoms with Crippen LogP contribution in [0.3, 0.4) is 0 Å². The van der Waals surface area contributed by atoms with Gasteiger partial charge < -0.3 is 5.32 Å². The minimum Gasteiger partial charge on any atom is -0.350 e. The molecule has 0 saturated heterocycles. The van der Waals surface area contributed by atoms with Crippen molar-refractivity contribution in [3.8, 4) is 0 Å². The highest BCUT2D eigenvalue weighted by molar-refractivity contribution is 5.75. The van der Waals surface area contributed by atoms with E-state index in [-0.39, 0.29) is 12.5 Å². The Labute approximate surface area is 126 Å². The Morgan fingerprint density at radius 2 is 2.00 bits per heavy atom. The Bertz CT molecular complexity index is 722. The Morgan fingerprint density at radius 3 is 2.73 bits per heavy atom. The van der Waals surface area contributed by atoms with Crippen molar-refractivity contribution in [2.75, 3.05) is 0 Å². The van der Waals surface area contributed by atoms with Gasteiger partial charge in [0, 0.05) is 18.9 Å². The number of amides is 1. The third-order valence-electron chi connectivity index (χ3n) is 3.18. The molecule has 1 amide bonds. The summed E-state index contributed by atoms with van der Waals surface area (Å²) in [5.41, 5.74) is 2.18. The molecule has 8 heteroatoms. The number of hydrogen-bond acceptors (Lipinski definition) is 5. The molecule has 0 fully saturated rings. The van der Waals surface area contributed by atoms with Crippen molar-refractivity contribution in [2.45, 2.75) is 19.6 Å². The molecule has 1 aromatic carbocycles. The molecule has 22 heavy (non-hydrogen) atoms. The third-order valence-corrected chi connectivity index (χ3v) is 3.18. The van der Waals surface area contributed by atoms with Gasteiger partial charge in [0.1, 0.15) is 12.9 Å². The molecule has 3 rings (SSSR count). The number of aromatic nitrogens is 6. The van der Waals surface area contributed by atoms with Crippen molar-refractivity contribution in [2.24, 2.45) is 0 Å². The summed E-state index contributed by atoms with van der Waals surface area (Å²) in [4.78, 5) is 11.9. The van der Waals surface area contributed by atoms with Crippen LogP contribution < -0.4 is 5.32 Å². The van der Waals surface area contributed by atoms with Gasteiger partial charge in [-0.25, -0.2) is 4.68 Å². The molecular formula is C14H15N7O. The Hall–Kier alpha value is -3.03. The fourth-order valence-corrected chi connectivity index (χ4v) is 2.10. The summed E-state index contributed by atoms with van der Waals surface area (Å²) in [7, 11) is 0. The van der Waals surface area contributed by atoms with Crippen molar-refractivity contribution in [3.05, 3.63) is 60.2 Å². The normalized spacial score (nSPS) is 10.5. The lowest BCUT2D eigenvalue weighted by atomic mass is 10.1. The first-order chi connectivity index (χ1) is 10.8. The van der Waals surface area contributed by atoms with Crippen LogP contribution in [0, 0.1) is 0 Å². The van der Waals surface area contributed by atoms with Crippen LogP contribution in [0.25, 0.3) is 0 Å². The largest absolute Gasteiger partial charge is 0.350 e. The van der Waals surface area contributed by atoms with Crippen LogP contribution in [0.15, 0.2) is 49.1 Å². The topological polar surface area (TPSA) is 90.5 Å². The average Bonchev–Trinajstić information content (AvgIpc) is 3.20. The highest BCUT2D eigenvalue weighted by Crippen LogP contribution is 2.10. The van der Waals surface area contributed by atoms with E-state index < -0.39 is 0 Å². The van der Waals surface area contributed by atoms with Gasteiger partial charge in [-0.15, -0.1) is 5.10 Å². The summed E-state index contributed by atoms with van der Waals surface area (Å²) in [5.74, 6) is -0.138. The summed E-state index contributed by atoms with van der Waals surface area (Å²) in [6.45, 7) is 1.23. The first-order valence-corrected chi connectivity index (χ1v) is 6.83. The number of benzene rings is 1. The smallest absolute Gasteiger partial charge is 0.242 e. The van der Waals surface area contributed by atoms with E-state index in [0.29, 0.717) is 13.1 Å². The molecule has 1 N–H and O–H groups in total. The number of hydrogen-bond donors (Lipinski definition) is 1. The van der Waals surface area contributed by atoms with E-state index >= 15 is 0 Å². The summed E-state index contributed by atoms with van der Waals surface area (Å²) < 4.78 is 3.23. The molecule has 2 heterocycles. The van der Waals surface area contributed by atoms with E-state index in [0.717, 1.165) is 11.1 Å². The SMILES string of the molecule is O=C(Cn1cnnn1)NCc1ccccc1Cn1cccn1. The Balaban J connectivity index is 1.61. The van der Waals surface area contributed by atoms with E-state index in [1.54, 1.807) is 6.20 Å². The average molecular weight is 297 g/mol. The second-order valence-corrected chi connectivity index (χ2v) is 4.76. The van der Waals surface area contributed by atoms with Crippen LogP contribution in [-0.4, -0.2) is 35.9 Å². The van der Waals surface area contributed by atoms with Crippen LogP contribution in [0.4, 0.5) is 0 Å². The maximum Gasteiger partial charge on any atom is 0.242 e. The van der Waals surface area contributed by atoms with E-state index in [2.05, 4.69) is 25.9 Å². The monoisotopic (exact) mass is 297 g/mol. The van der Waals surface area contributed by atoms with Crippen molar-refractivity contribution in [1.29, 1.82) is 0 Å². The second kappa shape index (κ2) is 6.61. The van der Waals surface area contributed by atoms with Crippen molar-refractivity contribution < 1.29 is 4.79 Å². The van der Waals surface area contributed by atoms with Crippen LogP contribution in [0.1, 0.15) is 11.1 Å². The predicted octanol–water partition coefficient (Wildman–Crippen LogP) is 0.234.